The second-order valence-corrected chi connectivity index (χ2v) is 6.03. The highest BCUT2D eigenvalue weighted by Gasteiger charge is 2.24. The first kappa shape index (κ1) is 18.4. The molecular weight excluding hydrogens is 318 g/mol. The van der Waals surface area contributed by atoms with Crippen molar-refractivity contribution in [2.75, 3.05) is 13.7 Å². The summed E-state index contributed by atoms with van der Waals surface area (Å²) in [5, 5.41) is 2.90. The van der Waals surface area contributed by atoms with E-state index in [0.29, 0.717) is 13.0 Å². The molecule has 1 aromatic rings. The van der Waals surface area contributed by atoms with Gasteiger partial charge in [-0.25, -0.2) is 0 Å². The van der Waals surface area contributed by atoms with Gasteiger partial charge in [-0.05, 0) is 43.4 Å². The van der Waals surface area contributed by atoms with E-state index in [4.69, 9.17) is 10.5 Å². The third-order valence-corrected chi connectivity index (χ3v) is 4.24. The Morgan fingerprint density at radius 1 is 1.38 bits per heavy atom. The lowest BCUT2D eigenvalue weighted by molar-refractivity contribution is -0.126. The van der Waals surface area contributed by atoms with Gasteiger partial charge < -0.3 is 20.5 Å². The van der Waals surface area contributed by atoms with Crippen LogP contribution in [0.15, 0.2) is 18.2 Å². The van der Waals surface area contributed by atoms with Crippen LogP contribution in [0.3, 0.4) is 0 Å². The Labute approximate surface area is 140 Å². The van der Waals surface area contributed by atoms with E-state index in [-0.39, 0.29) is 29.4 Å². The number of nitrogens with one attached hydrogen (secondary N) is 1. The number of benzene rings is 1. The van der Waals surface area contributed by atoms with Crippen LogP contribution in [0.5, 0.6) is 11.5 Å². The van der Waals surface area contributed by atoms with Crippen molar-refractivity contribution in [2.45, 2.75) is 44.8 Å². The van der Waals surface area contributed by atoms with Crippen LogP contribution in [0.4, 0.5) is 8.78 Å². The molecule has 0 bridgehead atoms. The van der Waals surface area contributed by atoms with Crippen LogP contribution in [0.1, 0.15) is 31.2 Å². The molecule has 1 aliphatic carbocycles. The highest BCUT2D eigenvalue weighted by atomic mass is 19.3. The molecule has 0 radical (unpaired) electrons. The topological polar surface area (TPSA) is 73.6 Å². The number of nitrogens with two attached hydrogens (primary N) is 1. The summed E-state index contributed by atoms with van der Waals surface area (Å²) in [6, 6.07) is 4.95. The second-order valence-electron chi connectivity index (χ2n) is 6.03. The van der Waals surface area contributed by atoms with Crippen LogP contribution in [-0.4, -0.2) is 32.2 Å². The van der Waals surface area contributed by atoms with Crippen LogP contribution >= 0.6 is 0 Å². The molecule has 1 fully saturated rings. The summed E-state index contributed by atoms with van der Waals surface area (Å²) >= 11 is 0. The summed E-state index contributed by atoms with van der Waals surface area (Å²) in [6.07, 6.45) is 4.07. The van der Waals surface area contributed by atoms with Crippen molar-refractivity contribution in [2.24, 2.45) is 11.7 Å². The number of methoxy groups -OCH3 is 1. The van der Waals surface area contributed by atoms with Gasteiger partial charge in [0.25, 0.3) is 0 Å². The Balaban J connectivity index is 1.86. The maximum Gasteiger partial charge on any atom is 0.387 e. The van der Waals surface area contributed by atoms with Crippen molar-refractivity contribution in [3.05, 3.63) is 23.8 Å². The van der Waals surface area contributed by atoms with E-state index in [1.165, 1.54) is 13.2 Å². The summed E-state index contributed by atoms with van der Waals surface area (Å²) in [7, 11) is 1.39. The standard InChI is InChI=1S/C17H24F2N2O3/c1-23-14-6-5-11(9-15(14)24-17(18)19)7-8-21-16(22)12-3-2-4-13(20)10-12/h5-6,9,12-13,17H,2-4,7-8,10,20H2,1H3,(H,21,22). The van der Waals surface area contributed by atoms with Crippen molar-refractivity contribution in [1.29, 1.82) is 0 Å². The maximum absolute atomic E-state index is 12.4. The smallest absolute Gasteiger partial charge is 0.387 e. The van der Waals surface area contributed by atoms with Crippen LogP contribution in [-0.2, 0) is 11.2 Å². The number of rotatable bonds is 7. The van der Waals surface area contributed by atoms with Crippen molar-refractivity contribution in [3.8, 4) is 11.5 Å². The molecule has 134 valence electrons. The number of carbonyl (C=O) groups is 1. The molecule has 3 N–H and O–H groups in total. The third kappa shape index (κ3) is 5.33. The minimum atomic E-state index is -2.91. The van der Waals surface area contributed by atoms with Crippen molar-refractivity contribution < 1.29 is 23.0 Å². The molecule has 2 unspecified atom stereocenters. The Morgan fingerprint density at radius 3 is 2.83 bits per heavy atom. The quantitative estimate of drug-likeness (QED) is 0.798. The predicted octanol–water partition coefficient (Wildman–Crippen LogP) is 2.47. The molecule has 0 aromatic heterocycles. The molecule has 1 amide bonds. The summed E-state index contributed by atoms with van der Waals surface area (Å²) in [5.41, 5.74) is 6.68. The lowest BCUT2D eigenvalue weighted by Crippen LogP contribution is -2.38. The minimum Gasteiger partial charge on any atom is -0.493 e. The van der Waals surface area contributed by atoms with E-state index in [2.05, 4.69) is 10.1 Å². The van der Waals surface area contributed by atoms with E-state index in [0.717, 1.165) is 31.2 Å². The van der Waals surface area contributed by atoms with Crippen LogP contribution < -0.4 is 20.5 Å². The lowest BCUT2D eigenvalue weighted by Gasteiger charge is -2.25. The molecule has 0 spiro atoms. The fourth-order valence-electron chi connectivity index (χ4n) is 3.00. The van der Waals surface area contributed by atoms with Gasteiger partial charge in [0, 0.05) is 18.5 Å². The monoisotopic (exact) mass is 342 g/mol. The third-order valence-electron chi connectivity index (χ3n) is 4.24. The van der Waals surface area contributed by atoms with Gasteiger partial charge >= 0.3 is 6.61 Å². The Bertz CT molecular complexity index is 555. The number of amides is 1. The number of ether oxygens (including phenoxy) is 2. The Kier molecular flexibility index (Phi) is 6.78. The molecule has 1 aromatic carbocycles. The van der Waals surface area contributed by atoms with E-state index in [1.54, 1.807) is 12.1 Å². The SMILES string of the molecule is COc1ccc(CCNC(=O)C2CCCC(N)C2)cc1OC(F)F. The average Bonchev–Trinajstić information content (AvgIpc) is 2.54. The van der Waals surface area contributed by atoms with Crippen molar-refractivity contribution >= 4 is 5.91 Å². The maximum atomic E-state index is 12.4. The minimum absolute atomic E-state index is 0.00502. The van der Waals surface area contributed by atoms with Crippen molar-refractivity contribution in [1.82, 2.24) is 5.32 Å². The first-order valence-corrected chi connectivity index (χ1v) is 8.14. The molecule has 0 aliphatic heterocycles. The van der Waals surface area contributed by atoms with Crippen molar-refractivity contribution in [3.63, 3.8) is 0 Å². The Morgan fingerprint density at radius 2 is 2.17 bits per heavy atom. The second kappa shape index (κ2) is 8.82. The predicted molar refractivity (Wildman–Crippen MR) is 86.3 cm³/mol. The molecular formula is C17H24F2N2O3. The van der Waals surface area contributed by atoms with Gasteiger partial charge in [-0.1, -0.05) is 12.5 Å². The number of alkyl halides is 2. The number of hydrogen-bond donors (Lipinski definition) is 2. The molecule has 5 nitrogen and oxygen atoms in total. The van der Waals surface area contributed by atoms with Gasteiger partial charge in [-0.3, -0.25) is 4.79 Å². The van der Waals surface area contributed by atoms with Crippen LogP contribution in [0.2, 0.25) is 0 Å². The zero-order valence-electron chi connectivity index (χ0n) is 13.8. The summed E-state index contributed by atoms with van der Waals surface area (Å²) in [5.74, 6) is 0.235. The molecule has 0 heterocycles. The van der Waals surface area contributed by atoms with Gasteiger partial charge in [0.2, 0.25) is 5.91 Å². The lowest BCUT2D eigenvalue weighted by atomic mass is 9.85. The van der Waals surface area contributed by atoms with Gasteiger partial charge in [-0.2, -0.15) is 8.78 Å². The average molecular weight is 342 g/mol. The number of halogens is 2. The molecule has 1 saturated carbocycles. The highest BCUT2D eigenvalue weighted by molar-refractivity contribution is 5.78. The van der Waals surface area contributed by atoms with E-state index < -0.39 is 6.61 Å². The fraction of sp³-hybridized carbons (Fsp3) is 0.588. The molecule has 2 rings (SSSR count). The van der Waals surface area contributed by atoms with E-state index >= 15 is 0 Å². The van der Waals surface area contributed by atoms with Gasteiger partial charge in [0.1, 0.15) is 0 Å². The molecule has 0 saturated heterocycles. The Hall–Kier alpha value is -1.89. The molecule has 1 aliphatic rings. The van der Waals surface area contributed by atoms with E-state index in [9.17, 15) is 13.6 Å². The van der Waals surface area contributed by atoms with Gasteiger partial charge in [-0.15, -0.1) is 0 Å². The summed E-state index contributed by atoms with van der Waals surface area (Å²) in [6.45, 7) is -2.48. The largest absolute Gasteiger partial charge is 0.493 e. The van der Waals surface area contributed by atoms with E-state index in [1.807, 2.05) is 0 Å². The summed E-state index contributed by atoms with van der Waals surface area (Å²) < 4.78 is 34.3. The van der Waals surface area contributed by atoms with Crippen LogP contribution in [0, 0.1) is 5.92 Å². The molecule has 7 heteroatoms. The number of hydrogen-bond acceptors (Lipinski definition) is 4. The first-order chi connectivity index (χ1) is 11.5. The fourth-order valence-corrected chi connectivity index (χ4v) is 3.00. The number of carbonyl (C=O) groups excluding carboxylic acids is 1. The van der Waals surface area contributed by atoms with Crippen LogP contribution in [0.25, 0.3) is 0 Å². The molecule has 24 heavy (non-hydrogen) atoms. The zero-order chi connectivity index (χ0) is 17.5. The van der Waals surface area contributed by atoms with Gasteiger partial charge in [0.05, 0.1) is 7.11 Å². The molecule has 2 atom stereocenters. The normalized spacial score (nSPS) is 20.7. The zero-order valence-corrected chi connectivity index (χ0v) is 13.8. The van der Waals surface area contributed by atoms with Gasteiger partial charge in [0.15, 0.2) is 11.5 Å². The highest BCUT2D eigenvalue weighted by Crippen LogP contribution is 2.29. The first-order valence-electron chi connectivity index (χ1n) is 8.14. The summed E-state index contributed by atoms with van der Waals surface area (Å²) in [4.78, 5) is 12.1.